The fourth-order valence-electron chi connectivity index (χ4n) is 5.54. The van der Waals surface area contributed by atoms with E-state index in [-0.39, 0.29) is 28.4 Å². The molecule has 2 rings (SSSR count). The standard InChI is InChI=1S/C38H50N12O12S2/c1-17(31(43)55)45-35(59)22(10-27(39)51)48-36(60)24(12-29(41)53)47-34(58)21-9-5-3-7-19(21)15-64-16-26(32(44)56)50-38(62)25(13-30(42)54)49-37(61)23(11-28(40)52)46-33(57)20-8-4-2-6-18(20)14-63/h2-9,17,22-26,63H,10-16H2,1H3,(H2,39,51)(H2,40,52)(H2,41,53)(H2,42,54)(H2,43,55)(H2,44,56)(H,45,59)(H,46,57)(H,47,58)(H,48,60)(H,49,61)(H,50,62)/t17-,22-,23-,24-,25-,26-/m0/s1. The van der Waals surface area contributed by atoms with E-state index in [4.69, 9.17) is 34.4 Å². The van der Waals surface area contributed by atoms with Crippen molar-refractivity contribution in [1.29, 1.82) is 0 Å². The summed E-state index contributed by atoms with van der Waals surface area (Å²) in [7, 11) is 0. The quantitative estimate of drug-likeness (QED) is 0.0373. The summed E-state index contributed by atoms with van der Waals surface area (Å²) in [6.07, 6.45) is -3.00. The summed E-state index contributed by atoms with van der Waals surface area (Å²) in [5.41, 5.74) is 32.8. The third kappa shape index (κ3) is 17.6. The van der Waals surface area contributed by atoms with E-state index in [1.165, 1.54) is 31.2 Å². The van der Waals surface area contributed by atoms with Crippen molar-refractivity contribution in [2.45, 2.75) is 80.4 Å². The van der Waals surface area contributed by atoms with Crippen LogP contribution in [0.4, 0.5) is 0 Å². The van der Waals surface area contributed by atoms with E-state index >= 15 is 0 Å². The van der Waals surface area contributed by atoms with Crippen LogP contribution in [0.5, 0.6) is 0 Å². The summed E-state index contributed by atoms with van der Waals surface area (Å²) in [5, 5.41) is 13.7. The molecule has 0 unspecified atom stereocenters. The second-order valence-corrected chi connectivity index (χ2v) is 15.3. The first-order valence-corrected chi connectivity index (χ1v) is 20.7. The Bertz CT molecular complexity index is 2140. The van der Waals surface area contributed by atoms with Gasteiger partial charge in [0, 0.05) is 28.4 Å². The van der Waals surface area contributed by atoms with Crippen molar-refractivity contribution < 1.29 is 57.5 Å². The maximum absolute atomic E-state index is 13.5. The van der Waals surface area contributed by atoms with Crippen molar-refractivity contribution in [2.24, 2.45) is 34.4 Å². The molecule has 24 nitrogen and oxygen atoms in total. The van der Waals surface area contributed by atoms with E-state index in [9.17, 15) is 57.5 Å². The molecule has 26 heteroatoms. The first kappa shape index (κ1) is 52.9. The lowest BCUT2D eigenvalue weighted by atomic mass is 10.1. The minimum atomic E-state index is -1.73. The van der Waals surface area contributed by atoms with Gasteiger partial charge in [-0.25, -0.2) is 0 Å². The lowest BCUT2D eigenvalue weighted by molar-refractivity contribution is -0.134. The molecule has 0 aliphatic carbocycles. The summed E-state index contributed by atoms with van der Waals surface area (Å²) in [6.45, 7) is 1.24. The van der Waals surface area contributed by atoms with Gasteiger partial charge in [-0.15, -0.1) is 0 Å². The minimum Gasteiger partial charge on any atom is -0.370 e. The molecular formula is C38H50N12O12S2. The molecule has 0 saturated heterocycles. The number of carbonyl (C=O) groups is 12. The van der Waals surface area contributed by atoms with Crippen LogP contribution in [-0.2, 0) is 59.5 Å². The number of hydrogen-bond acceptors (Lipinski definition) is 14. The lowest BCUT2D eigenvalue weighted by Gasteiger charge is -2.24. The number of thioether (sulfide) groups is 1. The fraction of sp³-hybridized carbons (Fsp3) is 0.368. The van der Waals surface area contributed by atoms with Gasteiger partial charge in [-0.2, -0.15) is 24.4 Å². The first-order valence-electron chi connectivity index (χ1n) is 18.9. The zero-order valence-corrected chi connectivity index (χ0v) is 36.0. The van der Waals surface area contributed by atoms with Crippen LogP contribution < -0.4 is 66.3 Å². The summed E-state index contributed by atoms with van der Waals surface area (Å²) in [6, 6.07) is 2.82. The van der Waals surface area contributed by atoms with Gasteiger partial charge in [0.15, 0.2) is 0 Å². The number of carbonyl (C=O) groups excluding carboxylic acids is 12. The molecule has 346 valence electrons. The van der Waals surface area contributed by atoms with E-state index in [0.717, 1.165) is 11.8 Å². The molecule has 2 aromatic rings. The van der Waals surface area contributed by atoms with E-state index < -0.39 is 133 Å². The van der Waals surface area contributed by atoms with E-state index in [0.29, 0.717) is 11.1 Å². The van der Waals surface area contributed by atoms with Crippen molar-refractivity contribution in [1.82, 2.24) is 31.9 Å². The molecule has 18 N–H and O–H groups in total. The van der Waals surface area contributed by atoms with Crippen LogP contribution in [0.15, 0.2) is 48.5 Å². The Morgan fingerprint density at radius 3 is 1.20 bits per heavy atom. The van der Waals surface area contributed by atoms with E-state index in [2.05, 4.69) is 44.5 Å². The molecule has 0 bridgehead atoms. The maximum Gasteiger partial charge on any atom is 0.252 e. The third-order valence-electron chi connectivity index (χ3n) is 8.81. The molecular weight excluding hydrogens is 881 g/mol. The second-order valence-electron chi connectivity index (χ2n) is 13.9. The summed E-state index contributed by atoms with van der Waals surface area (Å²) in [4.78, 5) is 151. The minimum absolute atomic E-state index is 0.0328. The maximum atomic E-state index is 13.5. The molecule has 0 aromatic heterocycles. The Hall–Kier alpha value is -7.22. The van der Waals surface area contributed by atoms with Gasteiger partial charge in [0.05, 0.1) is 25.7 Å². The molecule has 64 heavy (non-hydrogen) atoms. The van der Waals surface area contributed by atoms with Crippen molar-refractivity contribution in [3.8, 4) is 0 Å². The van der Waals surface area contributed by atoms with Crippen LogP contribution in [0.2, 0.25) is 0 Å². The van der Waals surface area contributed by atoms with Crippen molar-refractivity contribution in [3.05, 3.63) is 70.8 Å². The fourth-order valence-corrected chi connectivity index (χ4v) is 6.89. The number of amides is 12. The number of nitrogens with one attached hydrogen (secondary N) is 6. The Labute approximate surface area is 375 Å². The number of hydrogen-bond donors (Lipinski definition) is 13. The van der Waals surface area contributed by atoms with E-state index in [1.807, 2.05) is 0 Å². The van der Waals surface area contributed by atoms with Crippen LogP contribution in [0.25, 0.3) is 0 Å². The molecule has 0 radical (unpaired) electrons. The SMILES string of the molecule is C[C@H](NC(=O)[C@H](CC(N)=O)NC(=O)[C@H](CC(N)=O)NC(=O)c1ccccc1CSC[C@H](NC(=O)[C@H](CC(N)=O)NC(=O)[C@H](CC(N)=O)NC(=O)c1ccccc1CS)C(N)=O)C(N)=O. The lowest BCUT2D eigenvalue weighted by Crippen LogP contribution is -2.58. The highest BCUT2D eigenvalue weighted by molar-refractivity contribution is 7.98. The predicted octanol–water partition coefficient (Wildman–Crippen LogP) is -5.32. The Balaban J connectivity index is 2.22. The van der Waals surface area contributed by atoms with Gasteiger partial charge < -0.3 is 66.3 Å². The smallest absolute Gasteiger partial charge is 0.252 e. The van der Waals surface area contributed by atoms with Crippen molar-refractivity contribution in [2.75, 3.05) is 5.75 Å². The number of nitrogens with two attached hydrogens (primary N) is 6. The number of rotatable bonds is 27. The Morgan fingerprint density at radius 1 is 0.484 bits per heavy atom. The highest BCUT2D eigenvalue weighted by Crippen LogP contribution is 2.19. The third-order valence-corrected chi connectivity index (χ3v) is 10.2. The van der Waals surface area contributed by atoms with Crippen LogP contribution in [0, 0.1) is 0 Å². The largest absolute Gasteiger partial charge is 0.370 e. The first-order chi connectivity index (χ1) is 30.0. The summed E-state index contributed by atoms with van der Waals surface area (Å²) >= 11 is 5.17. The summed E-state index contributed by atoms with van der Waals surface area (Å²) < 4.78 is 0. The van der Waals surface area contributed by atoms with Gasteiger partial charge in [-0.1, -0.05) is 36.4 Å². The van der Waals surface area contributed by atoms with E-state index in [1.54, 1.807) is 24.3 Å². The predicted molar refractivity (Wildman–Crippen MR) is 231 cm³/mol. The number of primary amides is 6. The van der Waals surface area contributed by atoms with Crippen LogP contribution >= 0.6 is 24.4 Å². The van der Waals surface area contributed by atoms with Crippen LogP contribution in [-0.4, -0.2) is 113 Å². The highest BCUT2D eigenvalue weighted by atomic mass is 32.2. The zero-order valence-electron chi connectivity index (χ0n) is 34.3. The van der Waals surface area contributed by atoms with Crippen molar-refractivity contribution >= 4 is 95.3 Å². The topological polar surface area (TPSA) is 433 Å². The monoisotopic (exact) mass is 930 g/mol. The molecule has 0 aliphatic heterocycles. The van der Waals surface area contributed by atoms with Gasteiger partial charge in [0.1, 0.15) is 36.3 Å². The highest BCUT2D eigenvalue weighted by Gasteiger charge is 2.33. The molecule has 12 amide bonds. The summed E-state index contributed by atoms with van der Waals surface area (Å²) in [5.74, 6) is -12.2. The van der Waals surface area contributed by atoms with Crippen LogP contribution in [0.1, 0.15) is 64.4 Å². The van der Waals surface area contributed by atoms with Gasteiger partial charge >= 0.3 is 0 Å². The molecule has 6 atom stereocenters. The van der Waals surface area contributed by atoms with Crippen molar-refractivity contribution in [3.63, 3.8) is 0 Å². The molecule has 0 heterocycles. The molecule has 0 fully saturated rings. The number of thiol groups is 1. The molecule has 2 aromatic carbocycles. The van der Waals surface area contributed by atoms with Gasteiger partial charge in [0.25, 0.3) is 11.8 Å². The van der Waals surface area contributed by atoms with Gasteiger partial charge in [-0.3, -0.25) is 57.5 Å². The zero-order chi connectivity index (χ0) is 48.3. The molecule has 0 aliphatic rings. The second kappa shape index (κ2) is 25.7. The normalized spacial score (nSPS) is 13.5. The molecule has 0 spiro atoms. The van der Waals surface area contributed by atoms with Crippen LogP contribution in [0.3, 0.4) is 0 Å². The average Bonchev–Trinajstić information content (AvgIpc) is 3.21. The average molecular weight is 931 g/mol. The Morgan fingerprint density at radius 2 is 0.828 bits per heavy atom. The van der Waals surface area contributed by atoms with Gasteiger partial charge in [-0.05, 0) is 30.2 Å². The number of benzene rings is 2. The van der Waals surface area contributed by atoms with Gasteiger partial charge in [0.2, 0.25) is 59.1 Å². The Kier molecular flexibility index (Phi) is 21.2. The molecule has 0 saturated carbocycles.